The fraction of sp³-hybridized carbons (Fsp3) is 0.467. The highest BCUT2D eigenvalue weighted by molar-refractivity contribution is 5.89. The third-order valence-electron chi connectivity index (χ3n) is 4.08. The van der Waals surface area contributed by atoms with Crippen molar-refractivity contribution in [2.45, 2.75) is 18.4 Å². The van der Waals surface area contributed by atoms with Gasteiger partial charge in [-0.15, -0.1) is 0 Å². The maximum Gasteiger partial charge on any atom is 0.237 e. The number of ether oxygens (including phenoxy) is 1. The number of amides is 2. The normalized spacial score (nSPS) is 23.4. The SMILES string of the molecule is NC(=O)CN(C(=O)C1COc2ccccc21)C1CCNC1. The van der Waals surface area contributed by atoms with Crippen LogP contribution in [0.15, 0.2) is 24.3 Å². The molecule has 0 aromatic heterocycles. The minimum Gasteiger partial charge on any atom is -0.492 e. The van der Waals surface area contributed by atoms with E-state index >= 15 is 0 Å². The van der Waals surface area contributed by atoms with Crippen LogP contribution in [-0.2, 0) is 9.59 Å². The van der Waals surface area contributed by atoms with Gasteiger partial charge in [-0.05, 0) is 19.0 Å². The van der Waals surface area contributed by atoms with Crippen LogP contribution in [0.3, 0.4) is 0 Å². The van der Waals surface area contributed by atoms with Crippen LogP contribution < -0.4 is 15.8 Å². The maximum absolute atomic E-state index is 12.8. The van der Waals surface area contributed by atoms with E-state index in [0.717, 1.165) is 24.3 Å². The van der Waals surface area contributed by atoms with Crippen LogP contribution >= 0.6 is 0 Å². The Kier molecular flexibility index (Phi) is 3.79. The Morgan fingerprint density at radius 3 is 2.90 bits per heavy atom. The summed E-state index contributed by atoms with van der Waals surface area (Å²) in [6, 6.07) is 7.56. The number of primary amides is 1. The maximum atomic E-state index is 12.8. The molecule has 0 saturated carbocycles. The zero-order valence-corrected chi connectivity index (χ0v) is 11.7. The number of hydrogen-bond donors (Lipinski definition) is 2. The summed E-state index contributed by atoms with van der Waals surface area (Å²) in [7, 11) is 0. The van der Waals surface area contributed by atoms with Crippen LogP contribution in [0.4, 0.5) is 0 Å². The lowest BCUT2D eigenvalue weighted by atomic mass is 9.98. The lowest BCUT2D eigenvalue weighted by Crippen LogP contribution is -2.48. The average Bonchev–Trinajstić information content (AvgIpc) is 3.13. The summed E-state index contributed by atoms with van der Waals surface area (Å²) in [6.07, 6.45) is 0.842. The van der Waals surface area contributed by atoms with E-state index in [9.17, 15) is 9.59 Å². The molecule has 6 nitrogen and oxygen atoms in total. The monoisotopic (exact) mass is 289 g/mol. The standard InChI is InChI=1S/C15H19N3O3/c16-14(19)8-18(10-5-6-17-7-10)15(20)12-9-21-13-4-2-1-3-11(12)13/h1-4,10,12,17H,5-9H2,(H2,16,19). The van der Waals surface area contributed by atoms with Crippen molar-refractivity contribution in [3.8, 4) is 5.75 Å². The molecule has 6 heteroatoms. The van der Waals surface area contributed by atoms with E-state index < -0.39 is 5.91 Å². The average molecular weight is 289 g/mol. The summed E-state index contributed by atoms with van der Waals surface area (Å²) >= 11 is 0. The third kappa shape index (κ3) is 2.71. The Morgan fingerprint density at radius 2 is 2.19 bits per heavy atom. The van der Waals surface area contributed by atoms with E-state index in [1.54, 1.807) is 4.90 Å². The number of nitrogens with two attached hydrogens (primary N) is 1. The molecule has 2 aliphatic rings. The molecule has 3 N–H and O–H groups in total. The van der Waals surface area contributed by atoms with Gasteiger partial charge in [-0.25, -0.2) is 0 Å². The number of carbonyl (C=O) groups excluding carboxylic acids is 2. The number of carbonyl (C=O) groups is 2. The molecular formula is C15H19N3O3. The van der Waals surface area contributed by atoms with Gasteiger partial charge in [0.05, 0.1) is 6.54 Å². The quantitative estimate of drug-likeness (QED) is 0.806. The highest BCUT2D eigenvalue weighted by Gasteiger charge is 2.37. The van der Waals surface area contributed by atoms with Crippen molar-refractivity contribution in [1.29, 1.82) is 0 Å². The number of fused-ring (bicyclic) bond motifs is 1. The van der Waals surface area contributed by atoms with Crippen molar-refractivity contribution < 1.29 is 14.3 Å². The van der Waals surface area contributed by atoms with Crippen molar-refractivity contribution in [3.63, 3.8) is 0 Å². The molecule has 2 atom stereocenters. The number of rotatable bonds is 4. The Hall–Kier alpha value is -2.08. The molecule has 2 unspecified atom stereocenters. The van der Waals surface area contributed by atoms with Crippen molar-refractivity contribution >= 4 is 11.8 Å². The van der Waals surface area contributed by atoms with Crippen molar-refractivity contribution in [2.75, 3.05) is 26.2 Å². The van der Waals surface area contributed by atoms with Crippen molar-refractivity contribution in [1.82, 2.24) is 10.2 Å². The second-order valence-corrected chi connectivity index (χ2v) is 5.48. The largest absolute Gasteiger partial charge is 0.492 e. The number of nitrogens with one attached hydrogen (secondary N) is 1. The molecule has 2 heterocycles. The van der Waals surface area contributed by atoms with Crippen LogP contribution in [0.1, 0.15) is 17.9 Å². The van der Waals surface area contributed by atoms with E-state index in [-0.39, 0.29) is 24.4 Å². The van der Waals surface area contributed by atoms with E-state index in [2.05, 4.69) is 5.32 Å². The highest BCUT2D eigenvalue weighted by Crippen LogP contribution is 2.35. The summed E-state index contributed by atoms with van der Waals surface area (Å²) in [5, 5.41) is 3.21. The molecule has 1 saturated heterocycles. The van der Waals surface area contributed by atoms with Crippen LogP contribution in [0, 0.1) is 0 Å². The predicted molar refractivity (Wildman–Crippen MR) is 76.9 cm³/mol. The van der Waals surface area contributed by atoms with Gasteiger partial charge in [0, 0.05) is 18.2 Å². The van der Waals surface area contributed by atoms with Gasteiger partial charge >= 0.3 is 0 Å². The van der Waals surface area contributed by atoms with Gasteiger partial charge in [0.1, 0.15) is 18.3 Å². The molecule has 21 heavy (non-hydrogen) atoms. The molecule has 0 radical (unpaired) electrons. The molecular weight excluding hydrogens is 270 g/mol. The van der Waals surface area contributed by atoms with Crippen molar-refractivity contribution in [2.24, 2.45) is 5.73 Å². The van der Waals surface area contributed by atoms with Gasteiger partial charge in [0.2, 0.25) is 11.8 Å². The lowest BCUT2D eigenvalue weighted by Gasteiger charge is -2.29. The highest BCUT2D eigenvalue weighted by atomic mass is 16.5. The topological polar surface area (TPSA) is 84.7 Å². The Bertz CT molecular complexity index is 555. The van der Waals surface area contributed by atoms with E-state index in [1.807, 2.05) is 24.3 Å². The molecule has 0 aliphatic carbocycles. The first kappa shape index (κ1) is 13.9. The summed E-state index contributed by atoms with van der Waals surface area (Å²) in [6.45, 7) is 1.84. The second-order valence-electron chi connectivity index (χ2n) is 5.48. The fourth-order valence-corrected chi connectivity index (χ4v) is 3.03. The van der Waals surface area contributed by atoms with E-state index in [1.165, 1.54) is 0 Å². The predicted octanol–water partition coefficient (Wildman–Crippen LogP) is -0.162. The van der Waals surface area contributed by atoms with Crippen molar-refractivity contribution in [3.05, 3.63) is 29.8 Å². The molecule has 112 valence electrons. The van der Waals surface area contributed by atoms with Crippen LogP contribution in [0.5, 0.6) is 5.75 Å². The number of nitrogens with zero attached hydrogens (tertiary/aromatic N) is 1. The van der Waals surface area contributed by atoms with Gasteiger partial charge in [0.15, 0.2) is 0 Å². The Balaban J connectivity index is 1.82. The van der Waals surface area contributed by atoms with E-state index in [4.69, 9.17) is 10.5 Å². The number of hydrogen-bond acceptors (Lipinski definition) is 4. The molecule has 2 amide bonds. The number of para-hydroxylation sites is 1. The third-order valence-corrected chi connectivity index (χ3v) is 4.08. The molecule has 2 aliphatic heterocycles. The van der Waals surface area contributed by atoms with Gasteiger partial charge in [-0.3, -0.25) is 9.59 Å². The van der Waals surface area contributed by atoms with Gasteiger partial charge in [0.25, 0.3) is 0 Å². The fourth-order valence-electron chi connectivity index (χ4n) is 3.03. The smallest absolute Gasteiger partial charge is 0.237 e. The number of benzene rings is 1. The molecule has 1 fully saturated rings. The minimum absolute atomic E-state index is 0.0257. The first-order valence-corrected chi connectivity index (χ1v) is 7.18. The lowest BCUT2D eigenvalue weighted by molar-refractivity contribution is -0.138. The van der Waals surface area contributed by atoms with Gasteiger partial charge in [-0.1, -0.05) is 18.2 Å². The van der Waals surface area contributed by atoms with E-state index in [0.29, 0.717) is 13.2 Å². The van der Waals surface area contributed by atoms with Crippen LogP contribution in [0.2, 0.25) is 0 Å². The van der Waals surface area contributed by atoms with Crippen LogP contribution in [0.25, 0.3) is 0 Å². The molecule has 1 aromatic rings. The Morgan fingerprint density at radius 1 is 1.38 bits per heavy atom. The summed E-state index contributed by atoms with van der Waals surface area (Å²) < 4.78 is 5.57. The van der Waals surface area contributed by atoms with Gasteiger partial charge in [-0.2, -0.15) is 0 Å². The second kappa shape index (κ2) is 5.73. The summed E-state index contributed by atoms with van der Waals surface area (Å²) in [5.41, 5.74) is 6.20. The van der Waals surface area contributed by atoms with Crippen LogP contribution in [-0.4, -0.2) is 49.0 Å². The minimum atomic E-state index is -0.484. The van der Waals surface area contributed by atoms with Gasteiger partial charge < -0.3 is 20.7 Å². The molecule has 0 bridgehead atoms. The Labute approximate surface area is 123 Å². The molecule has 3 rings (SSSR count). The first-order valence-electron chi connectivity index (χ1n) is 7.18. The summed E-state index contributed by atoms with van der Waals surface area (Å²) in [4.78, 5) is 25.8. The zero-order valence-electron chi connectivity index (χ0n) is 11.7. The first-order chi connectivity index (χ1) is 10.2. The molecule has 1 aromatic carbocycles. The molecule has 0 spiro atoms. The zero-order chi connectivity index (χ0) is 14.8. The summed E-state index contributed by atoms with van der Waals surface area (Å²) in [5.74, 6) is -0.157.